The number of imidazole rings is 1. The third-order valence-electron chi connectivity index (χ3n) is 1.25. The molecule has 0 saturated carbocycles. The van der Waals surface area contributed by atoms with Gasteiger partial charge in [0.15, 0.2) is 0 Å². The first-order valence-electron chi connectivity index (χ1n) is 2.81. The summed E-state index contributed by atoms with van der Waals surface area (Å²) in [6.07, 6.45) is 3.37. The quantitative estimate of drug-likeness (QED) is 0.625. The average molecular weight is 154 g/mol. The highest BCUT2D eigenvalue weighted by molar-refractivity contribution is 6.29. The van der Waals surface area contributed by atoms with Gasteiger partial charge in [-0.15, -0.1) is 0 Å². The second-order valence-electron chi connectivity index (χ2n) is 1.92. The normalized spacial score (nSPS) is 10.5. The smallest absolute Gasteiger partial charge is 0.201 e. The number of hydrogen-bond acceptors (Lipinski definition) is 2. The van der Waals surface area contributed by atoms with Crippen LogP contribution in [0.25, 0.3) is 11.0 Å². The van der Waals surface area contributed by atoms with Gasteiger partial charge in [0.25, 0.3) is 0 Å². The SMILES string of the molecule is Clc1nc2ccncc2[nH]1. The first-order chi connectivity index (χ1) is 4.86. The Morgan fingerprint density at radius 2 is 2.40 bits per heavy atom. The highest BCUT2D eigenvalue weighted by Gasteiger charge is 1.96. The molecular formula is C6H4ClN3. The molecule has 2 rings (SSSR count). The third-order valence-corrected chi connectivity index (χ3v) is 1.43. The van der Waals surface area contributed by atoms with Crippen molar-refractivity contribution >= 4 is 22.6 Å². The van der Waals surface area contributed by atoms with Crippen molar-refractivity contribution in [1.29, 1.82) is 0 Å². The van der Waals surface area contributed by atoms with Gasteiger partial charge in [-0.2, -0.15) is 0 Å². The van der Waals surface area contributed by atoms with E-state index in [1.165, 1.54) is 0 Å². The molecule has 10 heavy (non-hydrogen) atoms. The van der Waals surface area contributed by atoms with E-state index in [4.69, 9.17) is 11.6 Å². The van der Waals surface area contributed by atoms with Gasteiger partial charge < -0.3 is 4.98 Å². The van der Waals surface area contributed by atoms with Gasteiger partial charge >= 0.3 is 0 Å². The molecule has 2 aromatic rings. The Morgan fingerprint density at radius 3 is 3.20 bits per heavy atom. The Morgan fingerprint density at radius 1 is 1.50 bits per heavy atom. The molecule has 0 unspecified atom stereocenters. The first-order valence-corrected chi connectivity index (χ1v) is 3.19. The molecule has 0 aliphatic heterocycles. The summed E-state index contributed by atoms with van der Waals surface area (Å²) in [6, 6.07) is 1.80. The third kappa shape index (κ3) is 0.752. The van der Waals surface area contributed by atoms with E-state index in [1.54, 1.807) is 18.5 Å². The minimum atomic E-state index is 0.406. The zero-order valence-corrected chi connectivity index (χ0v) is 5.76. The average Bonchev–Trinajstić information content (AvgIpc) is 2.27. The summed E-state index contributed by atoms with van der Waals surface area (Å²) in [5, 5.41) is 0.406. The van der Waals surface area contributed by atoms with Crippen LogP contribution in [0.3, 0.4) is 0 Å². The highest BCUT2D eigenvalue weighted by atomic mass is 35.5. The molecule has 0 amide bonds. The molecule has 0 spiro atoms. The molecule has 1 N–H and O–H groups in total. The number of H-pyrrole nitrogens is 1. The second kappa shape index (κ2) is 1.95. The predicted molar refractivity (Wildman–Crippen MR) is 38.9 cm³/mol. The maximum absolute atomic E-state index is 5.59. The van der Waals surface area contributed by atoms with E-state index in [9.17, 15) is 0 Å². The molecule has 0 aliphatic carbocycles. The Hall–Kier alpha value is -1.09. The van der Waals surface area contributed by atoms with E-state index in [0.717, 1.165) is 11.0 Å². The van der Waals surface area contributed by atoms with Crippen molar-refractivity contribution in [1.82, 2.24) is 15.0 Å². The monoisotopic (exact) mass is 153 g/mol. The topological polar surface area (TPSA) is 41.6 Å². The van der Waals surface area contributed by atoms with Crippen LogP contribution in [-0.2, 0) is 0 Å². The first kappa shape index (κ1) is 5.68. The standard InChI is InChI=1S/C6H4ClN3/c7-6-9-4-1-2-8-3-5(4)10-6/h1-3H,(H,9,10). The minimum Gasteiger partial charge on any atom is -0.327 e. The summed E-state index contributed by atoms with van der Waals surface area (Å²) >= 11 is 5.59. The fraction of sp³-hybridized carbons (Fsp3) is 0. The number of aromatic nitrogens is 3. The lowest BCUT2D eigenvalue weighted by molar-refractivity contribution is 1.33. The van der Waals surface area contributed by atoms with Gasteiger partial charge in [0.1, 0.15) is 0 Å². The van der Waals surface area contributed by atoms with E-state index < -0.39 is 0 Å². The van der Waals surface area contributed by atoms with E-state index in [2.05, 4.69) is 15.0 Å². The maximum Gasteiger partial charge on any atom is 0.201 e. The molecule has 0 atom stereocenters. The van der Waals surface area contributed by atoms with Crippen molar-refractivity contribution in [2.24, 2.45) is 0 Å². The minimum absolute atomic E-state index is 0.406. The van der Waals surface area contributed by atoms with Gasteiger partial charge in [-0.25, -0.2) is 4.98 Å². The summed E-state index contributed by atoms with van der Waals surface area (Å²) in [7, 11) is 0. The lowest BCUT2D eigenvalue weighted by Gasteiger charge is -1.80. The second-order valence-corrected chi connectivity index (χ2v) is 2.28. The highest BCUT2D eigenvalue weighted by Crippen LogP contribution is 2.11. The van der Waals surface area contributed by atoms with E-state index >= 15 is 0 Å². The summed E-state index contributed by atoms with van der Waals surface area (Å²) in [6.45, 7) is 0. The van der Waals surface area contributed by atoms with Gasteiger partial charge in [-0.3, -0.25) is 4.98 Å². The van der Waals surface area contributed by atoms with Crippen LogP contribution < -0.4 is 0 Å². The predicted octanol–water partition coefficient (Wildman–Crippen LogP) is 1.61. The lowest BCUT2D eigenvalue weighted by Crippen LogP contribution is -1.69. The fourth-order valence-electron chi connectivity index (χ4n) is 0.826. The molecule has 50 valence electrons. The molecule has 3 nitrogen and oxygen atoms in total. The van der Waals surface area contributed by atoms with Crippen LogP contribution >= 0.6 is 11.6 Å². The largest absolute Gasteiger partial charge is 0.327 e. The van der Waals surface area contributed by atoms with Crippen molar-refractivity contribution < 1.29 is 0 Å². The number of rotatable bonds is 0. The number of aromatic amines is 1. The molecular weight excluding hydrogens is 150 g/mol. The van der Waals surface area contributed by atoms with Crippen LogP contribution in [0.2, 0.25) is 5.28 Å². The van der Waals surface area contributed by atoms with Crippen molar-refractivity contribution in [2.45, 2.75) is 0 Å². The van der Waals surface area contributed by atoms with E-state index in [-0.39, 0.29) is 0 Å². The number of fused-ring (bicyclic) bond motifs is 1. The molecule has 0 radical (unpaired) electrons. The van der Waals surface area contributed by atoms with Gasteiger partial charge in [0.2, 0.25) is 5.28 Å². The number of nitrogens with zero attached hydrogens (tertiary/aromatic N) is 2. The van der Waals surface area contributed by atoms with Gasteiger partial charge in [-0.1, -0.05) is 0 Å². The maximum atomic E-state index is 5.59. The molecule has 4 heteroatoms. The lowest BCUT2D eigenvalue weighted by atomic mass is 10.4. The van der Waals surface area contributed by atoms with Crippen LogP contribution in [0.4, 0.5) is 0 Å². The molecule has 0 saturated heterocycles. The van der Waals surface area contributed by atoms with E-state index in [0.29, 0.717) is 5.28 Å². The number of nitrogens with one attached hydrogen (secondary N) is 1. The summed E-state index contributed by atoms with van der Waals surface area (Å²) in [5.41, 5.74) is 1.72. The summed E-state index contributed by atoms with van der Waals surface area (Å²) in [5.74, 6) is 0. The van der Waals surface area contributed by atoms with E-state index in [1.807, 2.05) is 0 Å². The zero-order chi connectivity index (χ0) is 6.97. The zero-order valence-electron chi connectivity index (χ0n) is 5.00. The Kier molecular flexibility index (Phi) is 1.11. The van der Waals surface area contributed by atoms with Crippen molar-refractivity contribution in [3.63, 3.8) is 0 Å². The van der Waals surface area contributed by atoms with Crippen molar-refractivity contribution in [3.8, 4) is 0 Å². The Labute approximate surface area is 62.1 Å². The molecule has 0 aliphatic rings. The number of halogens is 1. The molecule has 2 aromatic heterocycles. The van der Waals surface area contributed by atoms with Gasteiger partial charge in [0, 0.05) is 6.20 Å². The summed E-state index contributed by atoms with van der Waals surface area (Å²) < 4.78 is 0. The van der Waals surface area contributed by atoms with Crippen molar-refractivity contribution in [3.05, 3.63) is 23.7 Å². The van der Waals surface area contributed by atoms with Crippen LogP contribution in [0, 0.1) is 0 Å². The van der Waals surface area contributed by atoms with Crippen LogP contribution in [-0.4, -0.2) is 15.0 Å². The summed E-state index contributed by atoms with van der Waals surface area (Å²) in [4.78, 5) is 10.7. The Balaban J connectivity index is 2.88. The Bertz CT molecular complexity index is 322. The number of pyridine rings is 1. The van der Waals surface area contributed by atoms with Crippen LogP contribution in [0.15, 0.2) is 18.5 Å². The van der Waals surface area contributed by atoms with Crippen LogP contribution in [0.1, 0.15) is 0 Å². The fourth-order valence-corrected chi connectivity index (χ4v) is 1.02. The molecule has 0 bridgehead atoms. The molecule has 0 fully saturated rings. The van der Waals surface area contributed by atoms with Gasteiger partial charge in [-0.05, 0) is 17.7 Å². The van der Waals surface area contributed by atoms with Gasteiger partial charge in [0.05, 0.1) is 17.2 Å². The van der Waals surface area contributed by atoms with Crippen molar-refractivity contribution in [2.75, 3.05) is 0 Å². The molecule has 2 heterocycles. The number of hydrogen-bond donors (Lipinski definition) is 1. The molecule has 0 aromatic carbocycles. The van der Waals surface area contributed by atoms with Crippen LogP contribution in [0.5, 0.6) is 0 Å².